The number of carbonyl (C=O) groups is 1. The smallest absolute Gasteiger partial charge is 0.235 e. The number of hydrogen-bond donors (Lipinski definition) is 1. The molecule has 1 saturated carbocycles. The Morgan fingerprint density at radius 1 is 1.39 bits per heavy atom. The summed E-state index contributed by atoms with van der Waals surface area (Å²) in [6.07, 6.45) is 0.00336. The third-order valence-electron chi connectivity index (χ3n) is 4.67. The number of halogens is 1. The lowest BCUT2D eigenvalue weighted by atomic mass is 9.99. The molecule has 1 amide bonds. The Hall–Kier alpha value is -1.06. The summed E-state index contributed by atoms with van der Waals surface area (Å²) >= 11 is 6.02. The van der Waals surface area contributed by atoms with Crippen LogP contribution in [0.3, 0.4) is 0 Å². The van der Waals surface area contributed by atoms with Crippen molar-refractivity contribution in [2.75, 3.05) is 4.90 Å². The minimum atomic E-state index is -0.757. The molecule has 18 heavy (non-hydrogen) atoms. The van der Waals surface area contributed by atoms with E-state index in [0.717, 1.165) is 12.0 Å². The van der Waals surface area contributed by atoms with Crippen molar-refractivity contribution in [2.24, 2.45) is 10.8 Å². The predicted octanol–water partition coefficient (Wildman–Crippen LogP) is 2.73. The van der Waals surface area contributed by atoms with Gasteiger partial charge < -0.3 is 5.11 Å². The molecule has 2 fully saturated rings. The summed E-state index contributed by atoms with van der Waals surface area (Å²) in [5, 5.41) is 11.0. The molecule has 2 aliphatic rings. The average molecular weight is 266 g/mol. The van der Waals surface area contributed by atoms with Crippen LogP contribution in [0.2, 0.25) is 5.02 Å². The molecule has 1 aromatic rings. The zero-order valence-corrected chi connectivity index (χ0v) is 11.5. The number of aliphatic hydroxyl groups excluding tert-OH is 1. The number of piperidine rings is 1. The first kappa shape index (κ1) is 12.0. The first-order valence-electron chi connectivity index (χ1n) is 6.08. The SMILES string of the molecule is Cc1cc(Cl)cc(N2C(=O)C3(C)CC3(C)C2O)c1. The van der Waals surface area contributed by atoms with E-state index in [1.807, 2.05) is 32.9 Å². The van der Waals surface area contributed by atoms with E-state index in [9.17, 15) is 9.90 Å². The monoisotopic (exact) mass is 265 g/mol. The summed E-state index contributed by atoms with van der Waals surface area (Å²) in [7, 11) is 0. The number of aliphatic hydroxyl groups is 1. The summed E-state index contributed by atoms with van der Waals surface area (Å²) in [6.45, 7) is 5.81. The zero-order chi connectivity index (χ0) is 13.3. The standard InChI is InChI=1S/C14H16ClNO2/c1-8-4-9(15)6-10(5-8)16-11(17)13(2)7-14(13,3)12(16)18/h4-6,11,17H,7H2,1-3H3. The molecule has 1 aliphatic carbocycles. The molecule has 0 aromatic heterocycles. The largest absolute Gasteiger partial charge is 0.373 e. The van der Waals surface area contributed by atoms with Crippen LogP contribution in [-0.4, -0.2) is 17.2 Å². The van der Waals surface area contributed by atoms with Crippen LogP contribution in [0.15, 0.2) is 18.2 Å². The Bertz CT molecular complexity index is 538. The molecule has 0 radical (unpaired) electrons. The van der Waals surface area contributed by atoms with Crippen LogP contribution >= 0.6 is 11.6 Å². The van der Waals surface area contributed by atoms with Crippen LogP contribution in [0.5, 0.6) is 0 Å². The van der Waals surface area contributed by atoms with E-state index >= 15 is 0 Å². The van der Waals surface area contributed by atoms with Crippen molar-refractivity contribution in [3.63, 3.8) is 0 Å². The molecule has 1 aliphatic heterocycles. The van der Waals surface area contributed by atoms with Crippen LogP contribution in [0, 0.1) is 17.8 Å². The second kappa shape index (κ2) is 3.28. The maximum absolute atomic E-state index is 12.4. The Morgan fingerprint density at radius 3 is 2.56 bits per heavy atom. The molecule has 1 N–H and O–H groups in total. The van der Waals surface area contributed by atoms with Crippen LogP contribution in [0.25, 0.3) is 0 Å². The minimum Gasteiger partial charge on any atom is -0.373 e. The fraction of sp³-hybridized carbons (Fsp3) is 0.500. The fourth-order valence-corrected chi connectivity index (χ4v) is 3.45. The van der Waals surface area contributed by atoms with Gasteiger partial charge in [0.2, 0.25) is 5.91 Å². The Morgan fingerprint density at radius 2 is 2.06 bits per heavy atom. The average Bonchev–Trinajstić information content (AvgIpc) is 2.78. The van der Waals surface area contributed by atoms with E-state index in [4.69, 9.17) is 11.6 Å². The number of nitrogens with zero attached hydrogens (tertiary/aromatic N) is 1. The van der Waals surface area contributed by atoms with E-state index in [-0.39, 0.29) is 11.3 Å². The Balaban J connectivity index is 2.06. The quantitative estimate of drug-likeness (QED) is 0.848. The van der Waals surface area contributed by atoms with E-state index in [2.05, 4.69) is 0 Å². The van der Waals surface area contributed by atoms with Crippen molar-refractivity contribution in [3.05, 3.63) is 28.8 Å². The van der Waals surface area contributed by atoms with Crippen LogP contribution in [0.1, 0.15) is 25.8 Å². The number of anilines is 1. The fourth-order valence-electron chi connectivity index (χ4n) is 3.16. The minimum absolute atomic E-state index is 0.000772. The molecular formula is C14H16ClNO2. The molecule has 3 atom stereocenters. The lowest BCUT2D eigenvalue weighted by molar-refractivity contribution is -0.122. The summed E-state index contributed by atoms with van der Waals surface area (Å²) in [4.78, 5) is 13.9. The second-order valence-corrected chi connectivity index (χ2v) is 6.40. The number of amides is 1. The molecular weight excluding hydrogens is 250 g/mol. The van der Waals surface area contributed by atoms with E-state index in [1.165, 1.54) is 4.90 Å². The van der Waals surface area contributed by atoms with Crippen molar-refractivity contribution in [1.29, 1.82) is 0 Å². The van der Waals surface area contributed by atoms with Gasteiger partial charge in [-0.25, -0.2) is 0 Å². The molecule has 1 aromatic carbocycles. The highest BCUT2D eigenvalue weighted by atomic mass is 35.5. The molecule has 3 nitrogen and oxygen atoms in total. The van der Waals surface area contributed by atoms with Crippen molar-refractivity contribution >= 4 is 23.2 Å². The molecule has 96 valence electrons. The Kier molecular flexibility index (Phi) is 2.19. The topological polar surface area (TPSA) is 40.5 Å². The number of carbonyl (C=O) groups excluding carboxylic acids is 1. The van der Waals surface area contributed by atoms with Gasteiger partial charge in [-0.15, -0.1) is 0 Å². The number of fused-ring (bicyclic) bond motifs is 1. The van der Waals surface area contributed by atoms with E-state index in [0.29, 0.717) is 10.7 Å². The zero-order valence-electron chi connectivity index (χ0n) is 10.7. The van der Waals surface area contributed by atoms with Crippen molar-refractivity contribution in [2.45, 2.75) is 33.4 Å². The molecule has 3 rings (SSSR count). The van der Waals surface area contributed by atoms with Gasteiger partial charge in [0.05, 0.1) is 5.41 Å². The number of rotatable bonds is 1. The highest BCUT2D eigenvalue weighted by Gasteiger charge is 2.76. The molecule has 1 saturated heterocycles. The first-order valence-corrected chi connectivity index (χ1v) is 6.46. The lowest BCUT2D eigenvalue weighted by Gasteiger charge is -2.26. The normalized spacial score (nSPS) is 37.9. The number of benzene rings is 1. The first-order chi connectivity index (χ1) is 8.29. The third kappa shape index (κ3) is 1.26. The van der Waals surface area contributed by atoms with Gasteiger partial charge in [-0.2, -0.15) is 0 Å². The number of aryl methyl sites for hydroxylation is 1. The van der Waals surface area contributed by atoms with Gasteiger partial charge in [-0.1, -0.05) is 25.4 Å². The van der Waals surface area contributed by atoms with Gasteiger partial charge >= 0.3 is 0 Å². The van der Waals surface area contributed by atoms with Gasteiger partial charge in [0, 0.05) is 16.1 Å². The Labute approximate surface area is 111 Å². The van der Waals surface area contributed by atoms with Gasteiger partial charge in [0.15, 0.2) is 0 Å². The van der Waals surface area contributed by atoms with Crippen LogP contribution < -0.4 is 4.90 Å². The summed E-state index contributed by atoms with van der Waals surface area (Å²) in [6, 6.07) is 5.44. The second-order valence-electron chi connectivity index (χ2n) is 5.96. The van der Waals surface area contributed by atoms with Crippen molar-refractivity contribution < 1.29 is 9.90 Å². The predicted molar refractivity (Wildman–Crippen MR) is 70.5 cm³/mol. The maximum Gasteiger partial charge on any atom is 0.235 e. The lowest BCUT2D eigenvalue weighted by Crippen LogP contribution is -2.39. The van der Waals surface area contributed by atoms with Gasteiger partial charge in [-0.3, -0.25) is 9.69 Å². The highest BCUT2D eigenvalue weighted by Crippen LogP contribution is 2.71. The summed E-state index contributed by atoms with van der Waals surface area (Å²) in [5.41, 5.74) is 0.934. The van der Waals surface area contributed by atoms with Crippen molar-refractivity contribution in [1.82, 2.24) is 0 Å². The summed E-state index contributed by atoms with van der Waals surface area (Å²) < 4.78 is 0. The van der Waals surface area contributed by atoms with E-state index in [1.54, 1.807) is 6.07 Å². The van der Waals surface area contributed by atoms with E-state index < -0.39 is 11.6 Å². The highest BCUT2D eigenvalue weighted by molar-refractivity contribution is 6.31. The molecule has 0 bridgehead atoms. The van der Waals surface area contributed by atoms with Gasteiger partial charge in [0.1, 0.15) is 6.23 Å². The molecule has 4 heteroatoms. The van der Waals surface area contributed by atoms with Crippen LogP contribution in [-0.2, 0) is 4.79 Å². The van der Waals surface area contributed by atoms with Crippen molar-refractivity contribution in [3.8, 4) is 0 Å². The molecule has 3 unspecified atom stereocenters. The maximum atomic E-state index is 12.4. The molecule has 0 spiro atoms. The van der Waals surface area contributed by atoms with Crippen LogP contribution in [0.4, 0.5) is 5.69 Å². The van der Waals surface area contributed by atoms with Gasteiger partial charge in [-0.05, 0) is 37.1 Å². The summed E-state index contributed by atoms with van der Waals surface area (Å²) in [5.74, 6) is -0.000772. The van der Waals surface area contributed by atoms with Gasteiger partial charge in [0.25, 0.3) is 0 Å². The molecule has 1 heterocycles. The number of hydrogen-bond acceptors (Lipinski definition) is 2. The third-order valence-corrected chi connectivity index (χ3v) is 4.88.